The Hall–Kier alpha value is -1.40. The zero-order chi connectivity index (χ0) is 13.3. The van der Waals surface area contributed by atoms with Gasteiger partial charge >= 0.3 is 0 Å². The Bertz CT molecular complexity index is 663. The molecule has 0 aliphatic heterocycles. The quantitative estimate of drug-likeness (QED) is 0.800. The maximum Gasteiger partial charge on any atom is 0.264 e. The van der Waals surface area contributed by atoms with Crippen LogP contribution in [0.5, 0.6) is 0 Å². The van der Waals surface area contributed by atoms with Crippen LogP contribution in [-0.2, 0) is 20.8 Å². The molecule has 0 bridgehead atoms. The van der Waals surface area contributed by atoms with Crippen LogP contribution >= 0.6 is 0 Å². The summed E-state index contributed by atoms with van der Waals surface area (Å²) in [6, 6.07) is 6.34. The van der Waals surface area contributed by atoms with Crippen molar-refractivity contribution in [3.8, 4) is 0 Å². The van der Waals surface area contributed by atoms with Crippen molar-refractivity contribution in [3.05, 3.63) is 36.3 Å². The molecule has 0 radical (unpaired) electrons. The highest BCUT2D eigenvalue weighted by Gasteiger charge is 2.12. The fourth-order valence-corrected chi connectivity index (χ4v) is 2.58. The summed E-state index contributed by atoms with van der Waals surface area (Å²) in [7, 11) is -3.48. The first-order chi connectivity index (χ1) is 8.35. The minimum atomic E-state index is -3.48. The van der Waals surface area contributed by atoms with Gasteiger partial charge in [-0.2, -0.15) is 8.42 Å². The van der Waals surface area contributed by atoms with E-state index >= 15 is 0 Å². The van der Waals surface area contributed by atoms with Crippen molar-refractivity contribution in [1.82, 2.24) is 4.57 Å². The molecular formula is C12H14FNO3S. The monoisotopic (exact) mass is 271 g/mol. The molecule has 0 aliphatic carbocycles. The highest BCUT2D eigenvalue weighted by molar-refractivity contribution is 7.86. The van der Waals surface area contributed by atoms with Gasteiger partial charge in [0.25, 0.3) is 10.1 Å². The molecular weight excluding hydrogens is 257 g/mol. The van der Waals surface area contributed by atoms with Crippen LogP contribution in [0.15, 0.2) is 30.5 Å². The molecule has 2 rings (SSSR count). The smallest absolute Gasteiger partial charge is 0.264 e. The van der Waals surface area contributed by atoms with Crippen molar-refractivity contribution in [3.63, 3.8) is 0 Å². The third kappa shape index (κ3) is 3.08. The Morgan fingerprint density at radius 1 is 1.39 bits per heavy atom. The van der Waals surface area contributed by atoms with Crippen molar-refractivity contribution in [2.45, 2.75) is 19.6 Å². The van der Waals surface area contributed by atoms with Gasteiger partial charge in [0.2, 0.25) is 0 Å². The Kier molecular flexibility index (Phi) is 3.41. The summed E-state index contributed by atoms with van der Waals surface area (Å²) in [6.45, 7) is 2.01. The van der Waals surface area contributed by atoms with Gasteiger partial charge in [-0.15, -0.1) is 0 Å². The second kappa shape index (κ2) is 4.70. The summed E-state index contributed by atoms with van der Waals surface area (Å²) in [4.78, 5) is 0. The van der Waals surface area contributed by atoms with Crippen molar-refractivity contribution >= 4 is 21.0 Å². The van der Waals surface area contributed by atoms with Gasteiger partial charge in [-0.3, -0.25) is 4.18 Å². The van der Waals surface area contributed by atoms with Crippen LogP contribution in [0.1, 0.15) is 6.92 Å². The van der Waals surface area contributed by atoms with Gasteiger partial charge in [0, 0.05) is 6.20 Å². The van der Waals surface area contributed by atoms with E-state index in [1.165, 1.54) is 12.1 Å². The van der Waals surface area contributed by atoms with Gasteiger partial charge in [0.1, 0.15) is 5.82 Å². The van der Waals surface area contributed by atoms with E-state index in [9.17, 15) is 12.8 Å². The van der Waals surface area contributed by atoms with Crippen LogP contribution in [0.4, 0.5) is 4.39 Å². The average molecular weight is 271 g/mol. The SMILES string of the molecule is CC(Cn1ccc2ccc(F)cc21)OS(C)(=O)=O. The van der Waals surface area contributed by atoms with E-state index in [2.05, 4.69) is 0 Å². The van der Waals surface area contributed by atoms with E-state index in [1.807, 2.05) is 6.07 Å². The van der Waals surface area contributed by atoms with Crippen LogP contribution in [0.2, 0.25) is 0 Å². The highest BCUT2D eigenvalue weighted by Crippen LogP contribution is 2.18. The number of rotatable bonds is 4. The number of nitrogens with zero attached hydrogens (tertiary/aromatic N) is 1. The minimum absolute atomic E-state index is 0.320. The lowest BCUT2D eigenvalue weighted by Gasteiger charge is -2.13. The number of hydrogen-bond acceptors (Lipinski definition) is 3. The van der Waals surface area contributed by atoms with Gasteiger partial charge in [0.15, 0.2) is 0 Å². The number of hydrogen-bond donors (Lipinski definition) is 0. The van der Waals surface area contributed by atoms with Gasteiger partial charge in [0.05, 0.1) is 24.4 Å². The van der Waals surface area contributed by atoms with Gasteiger partial charge in [-0.1, -0.05) is 0 Å². The van der Waals surface area contributed by atoms with E-state index < -0.39 is 16.2 Å². The topological polar surface area (TPSA) is 48.3 Å². The lowest BCUT2D eigenvalue weighted by molar-refractivity contribution is 0.211. The van der Waals surface area contributed by atoms with E-state index in [0.717, 1.165) is 17.2 Å². The van der Waals surface area contributed by atoms with Crippen LogP contribution in [-0.4, -0.2) is 25.3 Å². The fourth-order valence-electron chi connectivity index (χ4n) is 1.92. The van der Waals surface area contributed by atoms with E-state index in [0.29, 0.717) is 6.54 Å². The summed E-state index contributed by atoms with van der Waals surface area (Å²) in [5.41, 5.74) is 0.721. The number of fused-ring (bicyclic) bond motifs is 1. The standard InChI is InChI=1S/C12H14FNO3S/c1-9(17-18(2,15)16)8-14-6-5-10-3-4-11(13)7-12(10)14/h3-7,9H,8H2,1-2H3. The zero-order valence-corrected chi connectivity index (χ0v) is 10.9. The summed E-state index contributed by atoms with van der Waals surface area (Å²) in [5.74, 6) is -0.320. The molecule has 0 saturated carbocycles. The number of benzene rings is 1. The molecule has 0 saturated heterocycles. The lowest BCUT2D eigenvalue weighted by Crippen LogP contribution is -2.19. The Morgan fingerprint density at radius 3 is 2.78 bits per heavy atom. The first kappa shape index (κ1) is 13.0. The first-order valence-corrected chi connectivity index (χ1v) is 7.29. The molecule has 18 heavy (non-hydrogen) atoms. The van der Waals surface area contributed by atoms with Crippen LogP contribution in [0.3, 0.4) is 0 Å². The van der Waals surface area contributed by atoms with Gasteiger partial charge < -0.3 is 4.57 Å². The molecule has 0 N–H and O–H groups in total. The van der Waals surface area contributed by atoms with Crippen molar-refractivity contribution in [1.29, 1.82) is 0 Å². The van der Waals surface area contributed by atoms with Gasteiger partial charge in [-0.25, -0.2) is 4.39 Å². The molecule has 0 amide bonds. The molecule has 1 heterocycles. The number of halogens is 1. The third-order valence-electron chi connectivity index (χ3n) is 2.53. The fraction of sp³-hybridized carbons (Fsp3) is 0.333. The van der Waals surface area contributed by atoms with Crippen molar-refractivity contribution < 1.29 is 17.0 Å². The number of aromatic nitrogens is 1. The van der Waals surface area contributed by atoms with E-state index in [1.54, 1.807) is 23.8 Å². The van der Waals surface area contributed by atoms with Crippen LogP contribution in [0.25, 0.3) is 10.9 Å². The zero-order valence-electron chi connectivity index (χ0n) is 10.1. The summed E-state index contributed by atoms with van der Waals surface area (Å²) in [5, 5.41) is 0.906. The lowest BCUT2D eigenvalue weighted by atomic mass is 10.2. The maximum atomic E-state index is 13.2. The second-order valence-corrected chi connectivity index (χ2v) is 5.88. The summed E-state index contributed by atoms with van der Waals surface area (Å²) >= 11 is 0. The van der Waals surface area contributed by atoms with Crippen molar-refractivity contribution in [2.24, 2.45) is 0 Å². The van der Waals surface area contributed by atoms with Crippen LogP contribution < -0.4 is 0 Å². The van der Waals surface area contributed by atoms with Crippen LogP contribution in [0, 0.1) is 5.82 Å². The summed E-state index contributed by atoms with van der Waals surface area (Å²) < 4.78 is 41.8. The molecule has 1 aromatic carbocycles. The Morgan fingerprint density at radius 2 is 2.11 bits per heavy atom. The van der Waals surface area contributed by atoms with Gasteiger partial charge in [-0.05, 0) is 36.6 Å². The average Bonchev–Trinajstić information content (AvgIpc) is 2.58. The molecule has 1 unspecified atom stereocenters. The predicted octanol–water partition coefficient (Wildman–Crippen LogP) is 2.15. The van der Waals surface area contributed by atoms with Crippen molar-refractivity contribution in [2.75, 3.05) is 6.26 Å². The molecule has 6 heteroatoms. The Balaban J connectivity index is 2.24. The third-order valence-corrected chi connectivity index (χ3v) is 3.21. The summed E-state index contributed by atoms with van der Waals surface area (Å²) in [6.07, 6.45) is 2.29. The molecule has 0 fully saturated rings. The molecule has 98 valence electrons. The largest absolute Gasteiger partial charge is 0.345 e. The molecule has 1 atom stereocenters. The molecule has 0 spiro atoms. The van der Waals surface area contributed by atoms with E-state index in [-0.39, 0.29) is 5.82 Å². The second-order valence-electron chi connectivity index (χ2n) is 4.28. The first-order valence-electron chi connectivity index (χ1n) is 5.48. The molecule has 2 aromatic rings. The predicted molar refractivity (Wildman–Crippen MR) is 67.3 cm³/mol. The minimum Gasteiger partial charge on any atom is -0.345 e. The molecule has 4 nitrogen and oxygen atoms in total. The maximum absolute atomic E-state index is 13.2. The molecule has 0 aliphatic rings. The molecule has 1 aromatic heterocycles. The van der Waals surface area contributed by atoms with E-state index in [4.69, 9.17) is 4.18 Å². The highest BCUT2D eigenvalue weighted by atomic mass is 32.2. The normalized spacial score (nSPS) is 13.9. The Labute approximate surface area is 105 Å².